The molecule has 84 valence electrons. The Bertz CT molecular complexity index is 625. The fourth-order valence-corrected chi connectivity index (χ4v) is 2.62. The van der Waals surface area contributed by atoms with Gasteiger partial charge in [-0.3, -0.25) is 10.1 Å². The van der Waals surface area contributed by atoms with Crippen molar-refractivity contribution in [3.63, 3.8) is 0 Å². The number of rotatable bonds is 1. The molecule has 1 aliphatic carbocycles. The van der Waals surface area contributed by atoms with Gasteiger partial charge in [-0.1, -0.05) is 24.3 Å². The summed E-state index contributed by atoms with van der Waals surface area (Å²) < 4.78 is 0. The Hall–Kier alpha value is -1.87. The van der Waals surface area contributed by atoms with Gasteiger partial charge in [-0.15, -0.1) is 11.6 Å². The molecule has 1 aliphatic rings. The van der Waals surface area contributed by atoms with Gasteiger partial charge >= 0.3 is 0 Å². The predicted molar refractivity (Wildman–Crippen MR) is 66.2 cm³/mol. The predicted octanol–water partition coefficient (Wildman–Crippen LogP) is 3.90. The molecule has 0 saturated carbocycles. The molecule has 3 nitrogen and oxygen atoms in total. The molecule has 0 aliphatic heterocycles. The third-order valence-electron chi connectivity index (χ3n) is 3.04. The van der Waals surface area contributed by atoms with E-state index in [0.29, 0.717) is 0 Å². The van der Waals surface area contributed by atoms with Gasteiger partial charge in [0.05, 0.1) is 10.3 Å². The first-order valence-corrected chi connectivity index (χ1v) is 5.64. The van der Waals surface area contributed by atoms with Crippen molar-refractivity contribution in [2.24, 2.45) is 0 Å². The number of nitro groups is 1. The van der Waals surface area contributed by atoms with E-state index in [2.05, 4.69) is 0 Å². The van der Waals surface area contributed by atoms with Crippen LogP contribution in [0, 0.1) is 10.1 Å². The molecule has 0 bridgehead atoms. The maximum Gasteiger partial charge on any atom is 0.269 e. The van der Waals surface area contributed by atoms with Gasteiger partial charge < -0.3 is 0 Å². The number of hydrogen-bond acceptors (Lipinski definition) is 2. The van der Waals surface area contributed by atoms with Crippen molar-refractivity contribution in [2.75, 3.05) is 0 Å². The zero-order valence-electron chi connectivity index (χ0n) is 8.76. The van der Waals surface area contributed by atoms with E-state index in [1.807, 2.05) is 24.3 Å². The number of hydrogen-bond donors (Lipinski definition) is 0. The van der Waals surface area contributed by atoms with Gasteiger partial charge in [0.25, 0.3) is 5.69 Å². The number of non-ortho nitro benzene ring substituents is 1. The van der Waals surface area contributed by atoms with Crippen LogP contribution >= 0.6 is 11.6 Å². The van der Waals surface area contributed by atoms with E-state index in [4.69, 9.17) is 11.6 Å². The van der Waals surface area contributed by atoms with Gasteiger partial charge in [0.2, 0.25) is 0 Å². The van der Waals surface area contributed by atoms with Crippen molar-refractivity contribution in [1.82, 2.24) is 0 Å². The van der Waals surface area contributed by atoms with Crippen LogP contribution in [0.25, 0.3) is 11.1 Å². The minimum Gasteiger partial charge on any atom is -0.258 e. The summed E-state index contributed by atoms with van der Waals surface area (Å²) in [5, 5.41) is 10.5. The van der Waals surface area contributed by atoms with Gasteiger partial charge in [-0.05, 0) is 28.3 Å². The summed E-state index contributed by atoms with van der Waals surface area (Å²) in [6.45, 7) is 0. The Labute approximate surface area is 103 Å². The first-order chi connectivity index (χ1) is 8.18. The molecule has 0 spiro atoms. The summed E-state index contributed by atoms with van der Waals surface area (Å²) >= 11 is 6.33. The lowest BCUT2D eigenvalue weighted by molar-refractivity contribution is -0.384. The molecule has 0 saturated heterocycles. The Morgan fingerprint density at radius 1 is 1.06 bits per heavy atom. The fourth-order valence-electron chi connectivity index (χ4n) is 2.25. The van der Waals surface area contributed by atoms with Crippen molar-refractivity contribution >= 4 is 17.3 Å². The summed E-state index contributed by atoms with van der Waals surface area (Å²) in [6, 6.07) is 12.7. The average molecular weight is 246 g/mol. The molecule has 0 fully saturated rings. The van der Waals surface area contributed by atoms with Crippen molar-refractivity contribution in [3.8, 4) is 11.1 Å². The third kappa shape index (κ3) is 1.43. The Kier molecular flexibility index (Phi) is 2.16. The van der Waals surface area contributed by atoms with Gasteiger partial charge in [-0.25, -0.2) is 0 Å². The van der Waals surface area contributed by atoms with E-state index in [0.717, 1.165) is 22.3 Å². The number of nitro benzene ring substituents is 1. The van der Waals surface area contributed by atoms with Crippen molar-refractivity contribution in [2.45, 2.75) is 5.38 Å². The van der Waals surface area contributed by atoms with E-state index < -0.39 is 4.92 Å². The zero-order valence-corrected chi connectivity index (χ0v) is 9.52. The third-order valence-corrected chi connectivity index (χ3v) is 3.51. The number of alkyl halides is 1. The van der Waals surface area contributed by atoms with E-state index in [1.165, 1.54) is 6.07 Å². The van der Waals surface area contributed by atoms with Crippen molar-refractivity contribution in [1.29, 1.82) is 0 Å². The SMILES string of the molecule is O=[N+]([O-])c1ccc2c(c1)C(Cl)c1ccccc1-2. The quantitative estimate of drug-likeness (QED) is 0.434. The number of benzene rings is 2. The van der Waals surface area contributed by atoms with Gasteiger partial charge in [-0.2, -0.15) is 0 Å². The van der Waals surface area contributed by atoms with E-state index in [-0.39, 0.29) is 11.1 Å². The summed E-state index contributed by atoms with van der Waals surface area (Å²) in [5.41, 5.74) is 3.98. The van der Waals surface area contributed by atoms with Crippen LogP contribution in [0.15, 0.2) is 42.5 Å². The molecular formula is C13H8ClNO2. The standard InChI is InChI=1S/C13H8ClNO2/c14-13-11-4-2-1-3-9(11)10-6-5-8(15(16)17)7-12(10)13/h1-7,13H. The smallest absolute Gasteiger partial charge is 0.258 e. The average Bonchev–Trinajstić information content (AvgIpc) is 2.64. The van der Waals surface area contributed by atoms with Crippen LogP contribution in [0.5, 0.6) is 0 Å². The van der Waals surface area contributed by atoms with Crippen LogP contribution in [0.4, 0.5) is 5.69 Å². The van der Waals surface area contributed by atoms with Crippen LogP contribution in [0.1, 0.15) is 16.5 Å². The van der Waals surface area contributed by atoms with Crippen LogP contribution in [-0.2, 0) is 0 Å². The summed E-state index contributed by atoms with van der Waals surface area (Å²) in [4.78, 5) is 10.3. The number of fused-ring (bicyclic) bond motifs is 3. The Morgan fingerprint density at radius 3 is 2.53 bits per heavy atom. The highest BCUT2D eigenvalue weighted by Gasteiger charge is 2.28. The lowest BCUT2D eigenvalue weighted by Crippen LogP contribution is -1.91. The first-order valence-electron chi connectivity index (χ1n) is 5.20. The van der Waals surface area contributed by atoms with Crippen LogP contribution in [0.3, 0.4) is 0 Å². The highest BCUT2D eigenvalue weighted by Crippen LogP contribution is 2.47. The van der Waals surface area contributed by atoms with Crippen LogP contribution < -0.4 is 0 Å². The fraction of sp³-hybridized carbons (Fsp3) is 0.0769. The molecule has 1 unspecified atom stereocenters. The second-order valence-electron chi connectivity index (χ2n) is 3.98. The maximum atomic E-state index is 10.7. The molecule has 0 aromatic heterocycles. The molecular weight excluding hydrogens is 238 g/mol. The molecule has 0 amide bonds. The molecule has 0 heterocycles. The topological polar surface area (TPSA) is 43.1 Å². The monoisotopic (exact) mass is 245 g/mol. The molecule has 2 aromatic carbocycles. The van der Waals surface area contributed by atoms with Crippen LogP contribution in [-0.4, -0.2) is 4.92 Å². The molecule has 3 rings (SSSR count). The lowest BCUT2D eigenvalue weighted by Gasteiger charge is -2.02. The van der Waals surface area contributed by atoms with Gasteiger partial charge in [0.15, 0.2) is 0 Å². The number of halogens is 1. The van der Waals surface area contributed by atoms with Crippen molar-refractivity contribution in [3.05, 3.63) is 63.7 Å². The second-order valence-corrected chi connectivity index (χ2v) is 4.41. The van der Waals surface area contributed by atoms with E-state index in [1.54, 1.807) is 12.1 Å². The largest absolute Gasteiger partial charge is 0.269 e. The lowest BCUT2D eigenvalue weighted by atomic mass is 10.1. The minimum atomic E-state index is -0.396. The van der Waals surface area contributed by atoms with Gasteiger partial charge in [0, 0.05) is 12.1 Å². The van der Waals surface area contributed by atoms with Crippen molar-refractivity contribution < 1.29 is 4.92 Å². The number of nitrogens with zero attached hydrogens (tertiary/aromatic N) is 1. The maximum absolute atomic E-state index is 10.7. The summed E-state index contributed by atoms with van der Waals surface area (Å²) in [5.74, 6) is 0. The highest BCUT2D eigenvalue weighted by molar-refractivity contribution is 6.24. The van der Waals surface area contributed by atoms with Crippen LogP contribution in [0.2, 0.25) is 0 Å². The van der Waals surface area contributed by atoms with E-state index >= 15 is 0 Å². The Morgan fingerprint density at radius 2 is 1.76 bits per heavy atom. The minimum absolute atomic E-state index is 0.0854. The van der Waals surface area contributed by atoms with E-state index in [9.17, 15) is 10.1 Å². The molecule has 1 atom stereocenters. The molecule has 2 aromatic rings. The second kappa shape index (κ2) is 3.57. The molecule has 0 N–H and O–H groups in total. The van der Waals surface area contributed by atoms with Gasteiger partial charge in [0.1, 0.15) is 0 Å². The summed E-state index contributed by atoms with van der Waals surface area (Å²) in [6.07, 6.45) is 0. The summed E-state index contributed by atoms with van der Waals surface area (Å²) in [7, 11) is 0. The molecule has 4 heteroatoms. The highest BCUT2D eigenvalue weighted by atomic mass is 35.5. The molecule has 17 heavy (non-hydrogen) atoms. The molecule has 0 radical (unpaired) electrons. The first kappa shape index (κ1) is 10.3. The zero-order chi connectivity index (χ0) is 12.0. The normalized spacial score (nSPS) is 16.4. The Balaban J connectivity index is 2.24.